The van der Waals surface area contributed by atoms with Crippen molar-refractivity contribution in [2.24, 2.45) is 0 Å². The average molecular weight is 269 g/mol. The van der Waals surface area contributed by atoms with Gasteiger partial charge in [-0.2, -0.15) is 0 Å². The van der Waals surface area contributed by atoms with Gasteiger partial charge in [0, 0.05) is 37.4 Å². The Hall–Kier alpha value is -1.32. The smallest absolute Gasteiger partial charge is 0.222 e. The van der Waals surface area contributed by atoms with Gasteiger partial charge in [0.2, 0.25) is 5.91 Å². The van der Waals surface area contributed by atoms with Gasteiger partial charge in [-0.3, -0.25) is 4.79 Å². The number of likely N-dealkylation sites (tertiary alicyclic amines) is 1. The average Bonchev–Trinajstić information content (AvgIpc) is 2.87. The molecule has 4 heteroatoms. The van der Waals surface area contributed by atoms with E-state index < -0.39 is 0 Å². The molecule has 1 aromatic rings. The number of hydrogen-bond donors (Lipinski definition) is 0. The van der Waals surface area contributed by atoms with E-state index in [0.29, 0.717) is 18.0 Å². The Bertz CT molecular complexity index is 331. The summed E-state index contributed by atoms with van der Waals surface area (Å²) in [4.78, 5) is 16.8. The number of imidazole rings is 1. The Balaban J connectivity index is 0. The summed E-state index contributed by atoms with van der Waals surface area (Å²) in [6.07, 6.45) is 7.39. The van der Waals surface area contributed by atoms with Gasteiger partial charge in [0.05, 0.1) is 6.33 Å². The minimum atomic E-state index is 0. The zero-order chi connectivity index (χ0) is 12.8. The molecular weight excluding hydrogens is 238 g/mol. The predicted molar refractivity (Wildman–Crippen MR) is 82.2 cm³/mol. The van der Waals surface area contributed by atoms with Gasteiger partial charge in [-0.05, 0) is 34.1 Å². The molecular formula is C15H31N3O. The third kappa shape index (κ3) is 6.41. The van der Waals surface area contributed by atoms with Gasteiger partial charge in [-0.15, -0.1) is 0 Å². The maximum Gasteiger partial charge on any atom is 0.222 e. The highest BCUT2D eigenvalue weighted by molar-refractivity contribution is 5.78. The molecule has 0 saturated carbocycles. The van der Waals surface area contributed by atoms with Crippen LogP contribution in [0.15, 0.2) is 18.7 Å². The molecule has 0 unspecified atom stereocenters. The van der Waals surface area contributed by atoms with Gasteiger partial charge in [-0.25, -0.2) is 4.98 Å². The SMILES string of the molecule is C.C.CC(C)N1CCCC1=O.CC(C)n1ccnc1. The first-order chi connectivity index (χ1) is 8.02. The predicted octanol–water partition coefficient (Wildman–Crippen LogP) is 3.75. The molecule has 0 radical (unpaired) electrons. The number of hydrogen-bond acceptors (Lipinski definition) is 2. The quantitative estimate of drug-likeness (QED) is 0.820. The van der Waals surface area contributed by atoms with Crippen molar-refractivity contribution in [3.05, 3.63) is 18.7 Å². The lowest BCUT2D eigenvalue weighted by molar-refractivity contribution is -0.129. The fourth-order valence-electron chi connectivity index (χ4n) is 1.79. The second-order valence-corrected chi connectivity index (χ2v) is 4.89. The zero-order valence-corrected chi connectivity index (χ0v) is 11.3. The third-order valence-electron chi connectivity index (χ3n) is 2.85. The normalized spacial score (nSPS) is 13.8. The summed E-state index contributed by atoms with van der Waals surface area (Å²) >= 11 is 0. The van der Waals surface area contributed by atoms with E-state index in [4.69, 9.17) is 0 Å². The molecule has 1 fully saturated rings. The highest BCUT2D eigenvalue weighted by Gasteiger charge is 2.21. The zero-order valence-electron chi connectivity index (χ0n) is 11.3. The Morgan fingerprint density at radius 1 is 1.16 bits per heavy atom. The van der Waals surface area contributed by atoms with Crippen molar-refractivity contribution in [1.82, 2.24) is 14.5 Å². The first kappa shape index (κ1) is 20.0. The van der Waals surface area contributed by atoms with Crippen molar-refractivity contribution in [1.29, 1.82) is 0 Å². The molecule has 1 aromatic heterocycles. The summed E-state index contributed by atoms with van der Waals surface area (Å²) in [7, 11) is 0. The molecule has 0 aromatic carbocycles. The highest BCUT2D eigenvalue weighted by Crippen LogP contribution is 2.12. The van der Waals surface area contributed by atoms with Gasteiger partial charge in [0.25, 0.3) is 0 Å². The molecule has 0 atom stereocenters. The molecule has 2 heterocycles. The number of aromatic nitrogens is 2. The summed E-state index contributed by atoms with van der Waals surface area (Å²) < 4.78 is 2.06. The van der Waals surface area contributed by atoms with Crippen LogP contribution in [0.25, 0.3) is 0 Å². The number of carbonyl (C=O) groups is 1. The summed E-state index contributed by atoms with van der Waals surface area (Å²) in [6.45, 7) is 9.34. The number of rotatable bonds is 2. The molecule has 19 heavy (non-hydrogen) atoms. The minimum absolute atomic E-state index is 0. The van der Waals surface area contributed by atoms with E-state index in [-0.39, 0.29) is 14.9 Å². The number of amides is 1. The summed E-state index contributed by atoms with van der Waals surface area (Å²) in [5.74, 6) is 0.324. The van der Waals surface area contributed by atoms with Crippen molar-refractivity contribution in [2.45, 2.75) is 67.5 Å². The molecule has 0 bridgehead atoms. The van der Waals surface area contributed by atoms with Crippen LogP contribution in [-0.2, 0) is 4.79 Å². The van der Waals surface area contributed by atoms with Crippen LogP contribution in [0.4, 0.5) is 0 Å². The van der Waals surface area contributed by atoms with Crippen LogP contribution in [0.5, 0.6) is 0 Å². The van der Waals surface area contributed by atoms with Crippen molar-refractivity contribution >= 4 is 5.91 Å². The number of nitrogens with zero attached hydrogens (tertiary/aromatic N) is 3. The largest absolute Gasteiger partial charge is 0.340 e. The van der Waals surface area contributed by atoms with Crippen LogP contribution in [0.2, 0.25) is 0 Å². The summed E-state index contributed by atoms with van der Waals surface area (Å²) in [5.41, 5.74) is 0. The van der Waals surface area contributed by atoms with Gasteiger partial charge in [0.1, 0.15) is 0 Å². The molecule has 112 valence electrons. The van der Waals surface area contributed by atoms with Gasteiger partial charge in [-0.1, -0.05) is 14.9 Å². The molecule has 1 amide bonds. The third-order valence-corrected chi connectivity index (χ3v) is 2.85. The molecule has 0 spiro atoms. The first-order valence-corrected chi connectivity index (χ1v) is 6.29. The lowest BCUT2D eigenvalue weighted by atomic mass is 10.3. The molecule has 4 nitrogen and oxygen atoms in total. The highest BCUT2D eigenvalue weighted by atomic mass is 16.2. The van der Waals surface area contributed by atoms with E-state index in [9.17, 15) is 4.79 Å². The molecule has 1 aliphatic heterocycles. The fourth-order valence-corrected chi connectivity index (χ4v) is 1.79. The first-order valence-electron chi connectivity index (χ1n) is 6.29. The van der Waals surface area contributed by atoms with Crippen LogP contribution in [0.1, 0.15) is 61.4 Å². The lowest BCUT2D eigenvalue weighted by Gasteiger charge is -2.19. The van der Waals surface area contributed by atoms with E-state index >= 15 is 0 Å². The Labute approximate surface area is 118 Å². The molecule has 0 N–H and O–H groups in total. The molecule has 1 aliphatic rings. The van der Waals surface area contributed by atoms with E-state index in [0.717, 1.165) is 19.4 Å². The van der Waals surface area contributed by atoms with E-state index in [1.54, 1.807) is 6.20 Å². The molecule has 1 saturated heterocycles. The Kier molecular flexibility index (Phi) is 10.1. The maximum atomic E-state index is 10.9. The van der Waals surface area contributed by atoms with Crippen molar-refractivity contribution in [2.75, 3.05) is 6.54 Å². The topological polar surface area (TPSA) is 38.1 Å². The van der Waals surface area contributed by atoms with E-state index in [1.807, 2.05) is 17.4 Å². The van der Waals surface area contributed by atoms with Crippen LogP contribution in [0.3, 0.4) is 0 Å². The Morgan fingerprint density at radius 2 is 1.79 bits per heavy atom. The van der Waals surface area contributed by atoms with Gasteiger partial charge in [0.15, 0.2) is 0 Å². The molecule has 0 aliphatic carbocycles. The van der Waals surface area contributed by atoms with Crippen molar-refractivity contribution in [3.8, 4) is 0 Å². The second kappa shape index (κ2) is 9.59. The lowest BCUT2D eigenvalue weighted by Crippen LogP contribution is -2.31. The van der Waals surface area contributed by atoms with Crippen LogP contribution in [0, 0.1) is 0 Å². The van der Waals surface area contributed by atoms with E-state index in [1.165, 1.54) is 0 Å². The Morgan fingerprint density at radius 3 is 2.00 bits per heavy atom. The number of carbonyl (C=O) groups excluding carboxylic acids is 1. The van der Waals surface area contributed by atoms with E-state index in [2.05, 4.69) is 37.2 Å². The molecule has 2 rings (SSSR count). The summed E-state index contributed by atoms with van der Waals surface area (Å²) in [5, 5.41) is 0. The second-order valence-electron chi connectivity index (χ2n) is 4.89. The fraction of sp³-hybridized carbons (Fsp3) is 0.733. The maximum absolute atomic E-state index is 10.9. The van der Waals surface area contributed by atoms with Crippen LogP contribution >= 0.6 is 0 Å². The van der Waals surface area contributed by atoms with Crippen LogP contribution in [-0.4, -0.2) is 32.9 Å². The van der Waals surface area contributed by atoms with Gasteiger partial charge >= 0.3 is 0 Å². The summed E-state index contributed by atoms with van der Waals surface area (Å²) in [6, 6.07) is 0.942. The van der Waals surface area contributed by atoms with Crippen LogP contribution < -0.4 is 0 Å². The van der Waals surface area contributed by atoms with Gasteiger partial charge < -0.3 is 9.47 Å². The minimum Gasteiger partial charge on any atom is -0.340 e. The monoisotopic (exact) mass is 269 g/mol. The van der Waals surface area contributed by atoms with Crippen molar-refractivity contribution < 1.29 is 4.79 Å². The van der Waals surface area contributed by atoms with Crippen molar-refractivity contribution in [3.63, 3.8) is 0 Å². The standard InChI is InChI=1S/C7H13NO.C6H10N2.2CH4/c1-6(2)8-5-3-4-7(8)9;1-6(2)8-4-3-7-5-8;;/h6H,3-5H2,1-2H3;3-6H,1-2H3;2*1H4.